The molecule has 0 amide bonds. The molecule has 1 N–H and O–H groups in total. The number of nitrogens with zero attached hydrogens (tertiary/aromatic N) is 2. The SMILES string of the molecule is CCNC(c1cccnc1)c1ncccc1OC. The van der Waals surface area contributed by atoms with Gasteiger partial charge in [-0.1, -0.05) is 13.0 Å². The molecule has 0 bridgehead atoms. The van der Waals surface area contributed by atoms with E-state index in [9.17, 15) is 0 Å². The highest BCUT2D eigenvalue weighted by Crippen LogP contribution is 2.27. The number of nitrogens with one attached hydrogen (secondary N) is 1. The highest BCUT2D eigenvalue weighted by atomic mass is 16.5. The third-order valence-electron chi connectivity index (χ3n) is 2.72. The topological polar surface area (TPSA) is 47.0 Å². The molecule has 2 rings (SSSR count). The number of ether oxygens (including phenoxy) is 1. The van der Waals surface area contributed by atoms with Gasteiger partial charge in [-0.2, -0.15) is 0 Å². The molecule has 0 aliphatic rings. The van der Waals surface area contributed by atoms with Crippen molar-refractivity contribution in [1.82, 2.24) is 15.3 Å². The zero-order chi connectivity index (χ0) is 12.8. The van der Waals surface area contributed by atoms with Gasteiger partial charge in [-0.3, -0.25) is 9.97 Å². The van der Waals surface area contributed by atoms with E-state index in [0.29, 0.717) is 0 Å². The average Bonchev–Trinajstić information content (AvgIpc) is 2.46. The first kappa shape index (κ1) is 12.5. The van der Waals surface area contributed by atoms with Gasteiger partial charge >= 0.3 is 0 Å². The first-order valence-electron chi connectivity index (χ1n) is 5.99. The summed E-state index contributed by atoms with van der Waals surface area (Å²) in [6.07, 6.45) is 5.39. The number of pyridine rings is 2. The molecule has 0 saturated heterocycles. The van der Waals surface area contributed by atoms with Gasteiger partial charge in [0.2, 0.25) is 0 Å². The van der Waals surface area contributed by atoms with Crippen LogP contribution in [0.15, 0.2) is 42.9 Å². The van der Waals surface area contributed by atoms with E-state index in [1.54, 1.807) is 19.5 Å². The van der Waals surface area contributed by atoms with E-state index in [1.165, 1.54) is 0 Å². The number of aromatic nitrogens is 2. The van der Waals surface area contributed by atoms with Crippen LogP contribution in [0.25, 0.3) is 0 Å². The van der Waals surface area contributed by atoms with E-state index in [-0.39, 0.29) is 6.04 Å². The zero-order valence-electron chi connectivity index (χ0n) is 10.6. The van der Waals surface area contributed by atoms with Gasteiger partial charge in [-0.25, -0.2) is 0 Å². The highest BCUT2D eigenvalue weighted by Gasteiger charge is 2.18. The molecular formula is C14H17N3O. The van der Waals surface area contributed by atoms with Crippen LogP contribution >= 0.6 is 0 Å². The third kappa shape index (κ3) is 2.65. The Hall–Kier alpha value is -1.94. The molecule has 0 spiro atoms. The maximum absolute atomic E-state index is 5.37. The standard InChI is InChI=1S/C14H17N3O/c1-3-16-13(11-6-4-8-15-10-11)14-12(18-2)7-5-9-17-14/h4-10,13,16H,3H2,1-2H3. The van der Waals surface area contributed by atoms with Gasteiger partial charge in [0.1, 0.15) is 11.4 Å². The van der Waals surface area contributed by atoms with Gasteiger partial charge in [0.15, 0.2) is 0 Å². The molecule has 1 atom stereocenters. The van der Waals surface area contributed by atoms with E-state index in [2.05, 4.69) is 22.2 Å². The quantitative estimate of drug-likeness (QED) is 0.874. The van der Waals surface area contributed by atoms with E-state index >= 15 is 0 Å². The molecule has 2 aromatic rings. The lowest BCUT2D eigenvalue weighted by Gasteiger charge is -2.19. The van der Waals surface area contributed by atoms with Gasteiger partial charge in [-0.15, -0.1) is 0 Å². The molecule has 0 aromatic carbocycles. The molecule has 0 aliphatic carbocycles. The van der Waals surface area contributed by atoms with E-state index < -0.39 is 0 Å². The lowest BCUT2D eigenvalue weighted by Crippen LogP contribution is -2.23. The molecule has 0 aliphatic heterocycles. The van der Waals surface area contributed by atoms with Crippen LogP contribution < -0.4 is 10.1 Å². The van der Waals surface area contributed by atoms with Crippen LogP contribution in [0, 0.1) is 0 Å². The molecule has 1 unspecified atom stereocenters. The van der Waals surface area contributed by atoms with Crippen LogP contribution in [-0.2, 0) is 0 Å². The summed E-state index contributed by atoms with van der Waals surface area (Å²) in [5.74, 6) is 0.785. The molecular weight excluding hydrogens is 226 g/mol. The molecule has 2 heterocycles. The number of rotatable bonds is 5. The number of methoxy groups -OCH3 is 1. The predicted octanol–water partition coefficient (Wildman–Crippen LogP) is 2.18. The van der Waals surface area contributed by atoms with Crippen molar-refractivity contribution < 1.29 is 4.74 Å². The smallest absolute Gasteiger partial charge is 0.142 e. The van der Waals surface area contributed by atoms with Gasteiger partial charge in [0, 0.05) is 18.6 Å². The minimum Gasteiger partial charge on any atom is -0.495 e. The van der Waals surface area contributed by atoms with Gasteiger partial charge < -0.3 is 10.1 Å². The summed E-state index contributed by atoms with van der Waals surface area (Å²) in [5, 5.41) is 3.41. The van der Waals surface area contributed by atoms with E-state index in [0.717, 1.165) is 23.6 Å². The molecule has 18 heavy (non-hydrogen) atoms. The average molecular weight is 243 g/mol. The summed E-state index contributed by atoms with van der Waals surface area (Å²) in [5.41, 5.74) is 1.96. The Balaban J connectivity index is 2.41. The van der Waals surface area contributed by atoms with Gasteiger partial charge in [0.05, 0.1) is 13.2 Å². The van der Waals surface area contributed by atoms with E-state index in [4.69, 9.17) is 4.74 Å². The summed E-state index contributed by atoms with van der Waals surface area (Å²) < 4.78 is 5.37. The molecule has 94 valence electrons. The van der Waals surface area contributed by atoms with Crippen molar-refractivity contribution in [3.63, 3.8) is 0 Å². The maximum Gasteiger partial charge on any atom is 0.142 e. The van der Waals surface area contributed by atoms with Crippen molar-refractivity contribution in [1.29, 1.82) is 0 Å². The maximum atomic E-state index is 5.37. The lowest BCUT2D eigenvalue weighted by atomic mass is 10.0. The number of hydrogen-bond donors (Lipinski definition) is 1. The van der Waals surface area contributed by atoms with E-state index in [1.807, 2.05) is 30.5 Å². The van der Waals surface area contributed by atoms with Crippen molar-refractivity contribution in [2.45, 2.75) is 13.0 Å². The Kier molecular flexibility index (Phi) is 4.25. The second kappa shape index (κ2) is 6.12. The Morgan fingerprint density at radius 2 is 2.11 bits per heavy atom. The van der Waals surface area contributed by atoms with Crippen LogP contribution in [0.2, 0.25) is 0 Å². The Bertz CT molecular complexity index is 487. The summed E-state index contributed by atoms with van der Waals surface area (Å²) in [6.45, 7) is 2.91. The molecule has 0 fully saturated rings. The lowest BCUT2D eigenvalue weighted by molar-refractivity contribution is 0.400. The molecule has 0 radical (unpaired) electrons. The second-order valence-corrected chi connectivity index (χ2v) is 3.87. The van der Waals surface area contributed by atoms with Gasteiger partial charge in [0.25, 0.3) is 0 Å². The minimum atomic E-state index is -0.000139. The van der Waals surface area contributed by atoms with Crippen molar-refractivity contribution in [3.8, 4) is 5.75 Å². The zero-order valence-corrected chi connectivity index (χ0v) is 10.6. The van der Waals surface area contributed by atoms with Gasteiger partial charge in [-0.05, 0) is 30.3 Å². The van der Waals surface area contributed by atoms with Crippen molar-refractivity contribution in [3.05, 3.63) is 54.1 Å². The monoisotopic (exact) mass is 243 g/mol. The summed E-state index contributed by atoms with van der Waals surface area (Å²) in [4.78, 5) is 8.59. The van der Waals surface area contributed by atoms with Crippen molar-refractivity contribution in [2.24, 2.45) is 0 Å². The Morgan fingerprint density at radius 1 is 1.28 bits per heavy atom. The molecule has 4 nitrogen and oxygen atoms in total. The molecule has 0 saturated carbocycles. The minimum absolute atomic E-state index is 0.000139. The normalized spacial score (nSPS) is 12.1. The largest absolute Gasteiger partial charge is 0.495 e. The second-order valence-electron chi connectivity index (χ2n) is 3.87. The highest BCUT2D eigenvalue weighted by molar-refractivity contribution is 5.35. The van der Waals surface area contributed by atoms with Crippen LogP contribution in [0.4, 0.5) is 0 Å². The first-order valence-corrected chi connectivity index (χ1v) is 5.99. The van der Waals surface area contributed by atoms with Crippen LogP contribution in [-0.4, -0.2) is 23.6 Å². The summed E-state index contributed by atoms with van der Waals surface area (Å²) in [6, 6.07) is 7.75. The third-order valence-corrected chi connectivity index (χ3v) is 2.72. The fraction of sp³-hybridized carbons (Fsp3) is 0.286. The molecule has 4 heteroatoms. The summed E-state index contributed by atoms with van der Waals surface area (Å²) >= 11 is 0. The molecule has 2 aromatic heterocycles. The first-order chi connectivity index (χ1) is 8.86. The number of hydrogen-bond acceptors (Lipinski definition) is 4. The van der Waals surface area contributed by atoms with Crippen LogP contribution in [0.3, 0.4) is 0 Å². The summed E-state index contributed by atoms with van der Waals surface area (Å²) in [7, 11) is 1.66. The fourth-order valence-corrected chi connectivity index (χ4v) is 1.92. The Labute approximate surface area is 107 Å². The fourth-order valence-electron chi connectivity index (χ4n) is 1.92. The van der Waals surface area contributed by atoms with Crippen molar-refractivity contribution >= 4 is 0 Å². The predicted molar refractivity (Wildman–Crippen MR) is 70.5 cm³/mol. The van der Waals surface area contributed by atoms with Crippen LogP contribution in [0.1, 0.15) is 24.2 Å². The Morgan fingerprint density at radius 3 is 2.78 bits per heavy atom. The van der Waals surface area contributed by atoms with Crippen molar-refractivity contribution in [2.75, 3.05) is 13.7 Å². The van der Waals surface area contributed by atoms with Crippen LogP contribution in [0.5, 0.6) is 5.75 Å².